The molecule has 0 N–H and O–H groups in total. The van der Waals surface area contributed by atoms with Gasteiger partial charge in [-0.15, -0.1) is 0 Å². The summed E-state index contributed by atoms with van der Waals surface area (Å²) in [7, 11) is 0. The molecule has 0 bridgehead atoms. The highest BCUT2D eigenvalue weighted by molar-refractivity contribution is 4.99. The molecule has 0 fully saturated rings. The topological polar surface area (TPSA) is 17.8 Å². The molecule has 0 spiro atoms. The first kappa shape index (κ1) is 9.30. The van der Waals surface area contributed by atoms with Crippen LogP contribution in [0.1, 0.15) is 33.4 Å². The van der Waals surface area contributed by atoms with E-state index in [0.717, 1.165) is 13.0 Å². The Morgan fingerprint density at radius 1 is 1.42 bits per heavy atom. The summed E-state index contributed by atoms with van der Waals surface area (Å²) in [4.78, 5) is 4.34. The van der Waals surface area contributed by atoms with Crippen molar-refractivity contribution < 1.29 is 0 Å². The second-order valence-electron chi connectivity index (χ2n) is 4.43. The maximum Gasteiger partial charge on any atom is 0.0949 e. The highest BCUT2D eigenvalue weighted by atomic mass is 15.0. The Morgan fingerprint density at radius 3 is 2.50 bits per heavy atom. The molecule has 0 aliphatic heterocycles. The van der Waals surface area contributed by atoms with Crippen molar-refractivity contribution in [2.45, 2.75) is 40.7 Å². The fourth-order valence-electron chi connectivity index (χ4n) is 1.21. The summed E-state index contributed by atoms with van der Waals surface area (Å²) < 4.78 is 2.11. The molecule has 1 aromatic rings. The van der Waals surface area contributed by atoms with Gasteiger partial charge in [0.1, 0.15) is 0 Å². The van der Waals surface area contributed by atoms with Gasteiger partial charge in [0.15, 0.2) is 0 Å². The second kappa shape index (κ2) is 3.30. The first-order valence-corrected chi connectivity index (χ1v) is 4.52. The van der Waals surface area contributed by atoms with Crippen LogP contribution in [0.5, 0.6) is 0 Å². The van der Waals surface area contributed by atoms with Gasteiger partial charge in [0.05, 0.1) is 12.0 Å². The smallest absolute Gasteiger partial charge is 0.0949 e. The average molecular weight is 166 g/mol. The van der Waals surface area contributed by atoms with Gasteiger partial charge in [0.2, 0.25) is 0 Å². The lowest BCUT2D eigenvalue weighted by molar-refractivity contribution is 0.407. The van der Waals surface area contributed by atoms with Crippen molar-refractivity contribution in [2.24, 2.45) is 5.41 Å². The van der Waals surface area contributed by atoms with E-state index in [4.69, 9.17) is 0 Å². The third-order valence-electron chi connectivity index (χ3n) is 1.76. The van der Waals surface area contributed by atoms with Gasteiger partial charge in [-0.25, -0.2) is 4.98 Å². The molecule has 12 heavy (non-hydrogen) atoms. The SMILES string of the molecule is CCn1cnc(CC(C)(C)C)c1. The van der Waals surface area contributed by atoms with Crippen LogP contribution in [0, 0.1) is 5.41 Å². The molecule has 2 heteroatoms. The zero-order valence-electron chi connectivity index (χ0n) is 8.46. The van der Waals surface area contributed by atoms with E-state index in [9.17, 15) is 0 Å². The van der Waals surface area contributed by atoms with Gasteiger partial charge < -0.3 is 4.57 Å². The van der Waals surface area contributed by atoms with E-state index < -0.39 is 0 Å². The van der Waals surface area contributed by atoms with Crippen LogP contribution in [0.4, 0.5) is 0 Å². The Labute approximate surface area is 74.6 Å². The lowest BCUT2D eigenvalue weighted by Gasteiger charge is -2.15. The molecule has 1 heterocycles. The molecule has 0 saturated heterocycles. The normalized spacial score (nSPS) is 12.0. The molecular formula is C10H18N2. The van der Waals surface area contributed by atoms with Gasteiger partial charge in [0.25, 0.3) is 0 Å². The minimum absolute atomic E-state index is 0.340. The molecule has 2 nitrogen and oxygen atoms in total. The van der Waals surface area contributed by atoms with Crippen molar-refractivity contribution in [2.75, 3.05) is 0 Å². The molecule has 0 saturated carbocycles. The maximum absolute atomic E-state index is 4.34. The Bertz CT molecular complexity index is 243. The van der Waals surface area contributed by atoms with Gasteiger partial charge in [-0.1, -0.05) is 20.8 Å². The number of aryl methyl sites for hydroxylation is 1. The molecule has 0 aliphatic rings. The zero-order valence-corrected chi connectivity index (χ0v) is 8.46. The van der Waals surface area contributed by atoms with E-state index in [1.807, 2.05) is 6.33 Å². The van der Waals surface area contributed by atoms with Crippen LogP contribution >= 0.6 is 0 Å². The van der Waals surface area contributed by atoms with Gasteiger partial charge in [-0.2, -0.15) is 0 Å². The highest BCUT2D eigenvalue weighted by Crippen LogP contribution is 2.18. The van der Waals surface area contributed by atoms with E-state index >= 15 is 0 Å². The standard InChI is InChI=1S/C10H18N2/c1-5-12-7-9(11-8-12)6-10(2,3)4/h7-8H,5-6H2,1-4H3. The average Bonchev–Trinajstić information content (AvgIpc) is 2.32. The number of hydrogen-bond acceptors (Lipinski definition) is 1. The fourth-order valence-corrected chi connectivity index (χ4v) is 1.21. The Kier molecular flexibility index (Phi) is 2.55. The zero-order chi connectivity index (χ0) is 9.19. The van der Waals surface area contributed by atoms with Crippen LogP contribution in [0.15, 0.2) is 12.5 Å². The van der Waals surface area contributed by atoms with Crippen molar-refractivity contribution in [1.82, 2.24) is 9.55 Å². The fraction of sp³-hybridized carbons (Fsp3) is 0.700. The van der Waals surface area contributed by atoms with E-state index in [-0.39, 0.29) is 0 Å². The predicted molar refractivity (Wildman–Crippen MR) is 51.1 cm³/mol. The molecule has 0 radical (unpaired) electrons. The van der Waals surface area contributed by atoms with Crippen molar-refractivity contribution in [3.63, 3.8) is 0 Å². The lowest BCUT2D eigenvalue weighted by Crippen LogP contribution is -2.09. The van der Waals surface area contributed by atoms with Crippen LogP contribution in [0.3, 0.4) is 0 Å². The molecular weight excluding hydrogens is 148 g/mol. The van der Waals surface area contributed by atoms with Crippen molar-refractivity contribution in [3.8, 4) is 0 Å². The Morgan fingerprint density at radius 2 is 2.08 bits per heavy atom. The quantitative estimate of drug-likeness (QED) is 0.660. The summed E-state index contributed by atoms with van der Waals surface area (Å²) in [6, 6.07) is 0. The maximum atomic E-state index is 4.34. The minimum Gasteiger partial charge on any atom is -0.337 e. The first-order valence-electron chi connectivity index (χ1n) is 4.52. The van der Waals surface area contributed by atoms with Gasteiger partial charge in [-0.3, -0.25) is 0 Å². The number of rotatable bonds is 2. The van der Waals surface area contributed by atoms with Crippen molar-refractivity contribution in [1.29, 1.82) is 0 Å². The molecule has 0 amide bonds. The van der Waals surface area contributed by atoms with E-state index in [1.54, 1.807) is 0 Å². The van der Waals surface area contributed by atoms with Gasteiger partial charge >= 0.3 is 0 Å². The number of aromatic nitrogens is 2. The summed E-state index contributed by atoms with van der Waals surface area (Å²) in [6.07, 6.45) is 5.09. The number of imidazole rings is 1. The molecule has 1 rings (SSSR count). The Hall–Kier alpha value is -0.790. The summed E-state index contributed by atoms with van der Waals surface area (Å²) in [5, 5.41) is 0. The van der Waals surface area contributed by atoms with Crippen LogP contribution < -0.4 is 0 Å². The third-order valence-corrected chi connectivity index (χ3v) is 1.76. The number of hydrogen-bond donors (Lipinski definition) is 0. The van der Waals surface area contributed by atoms with Crippen LogP contribution in [0.25, 0.3) is 0 Å². The molecule has 1 aromatic heterocycles. The van der Waals surface area contributed by atoms with Crippen LogP contribution in [0.2, 0.25) is 0 Å². The van der Waals surface area contributed by atoms with Gasteiger partial charge in [0, 0.05) is 12.7 Å². The van der Waals surface area contributed by atoms with Crippen molar-refractivity contribution in [3.05, 3.63) is 18.2 Å². The van der Waals surface area contributed by atoms with E-state index in [1.165, 1.54) is 5.69 Å². The minimum atomic E-state index is 0.340. The molecule has 0 unspecified atom stereocenters. The molecule has 68 valence electrons. The number of nitrogens with zero attached hydrogens (tertiary/aromatic N) is 2. The van der Waals surface area contributed by atoms with E-state index in [0.29, 0.717) is 5.41 Å². The monoisotopic (exact) mass is 166 g/mol. The molecule has 0 aliphatic carbocycles. The largest absolute Gasteiger partial charge is 0.337 e. The first-order chi connectivity index (χ1) is 5.51. The molecule has 0 aromatic carbocycles. The van der Waals surface area contributed by atoms with Crippen molar-refractivity contribution >= 4 is 0 Å². The summed E-state index contributed by atoms with van der Waals surface area (Å²) >= 11 is 0. The summed E-state index contributed by atoms with van der Waals surface area (Å²) in [5.41, 5.74) is 1.54. The van der Waals surface area contributed by atoms with Crippen LogP contribution in [-0.2, 0) is 13.0 Å². The Balaban J connectivity index is 2.64. The highest BCUT2D eigenvalue weighted by Gasteiger charge is 2.12. The van der Waals surface area contributed by atoms with Gasteiger partial charge in [-0.05, 0) is 18.8 Å². The lowest BCUT2D eigenvalue weighted by atomic mass is 9.91. The van der Waals surface area contributed by atoms with E-state index in [2.05, 4.69) is 43.4 Å². The predicted octanol–water partition coefficient (Wildman–Crippen LogP) is 2.49. The summed E-state index contributed by atoms with van der Waals surface area (Å²) in [6.45, 7) is 9.84. The second-order valence-corrected chi connectivity index (χ2v) is 4.43. The third kappa shape index (κ3) is 2.68. The van der Waals surface area contributed by atoms with Crippen LogP contribution in [-0.4, -0.2) is 9.55 Å². The summed E-state index contributed by atoms with van der Waals surface area (Å²) in [5.74, 6) is 0. The molecule has 0 atom stereocenters.